The summed E-state index contributed by atoms with van der Waals surface area (Å²) in [5.41, 5.74) is 0.733. The Kier molecular flexibility index (Phi) is 5.38. The number of anilines is 1. The SMILES string of the molecule is COCC(O)CNc1cc(OC)ccc1Cl. The van der Waals surface area contributed by atoms with E-state index in [9.17, 15) is 5.11 Å². The molecule has 0 aromatic heterocycles. The lowest BCUT2D eigenvalue weighted by Crippen LogP contribution is -2.24. The summed E-state index contributed by atoms with van der Waals surface area (Å²) in [6.45, 7) is 0.662. The molecule has 2 N–H and O–H groups in total. The van der Waals surface area contributed by atoms with Crippen molar-refractivity contribution in [2.75, 3.05) is 32.7 Å². The minimum absolute atomic E-state index is 0.286. The van der Waals surface area contributed by atoms with Crippen LogP contribution in [0.15, 0.2) is 18.2 Å². The normalized spacial score (nSPS) is 12.2. The topological polar surface area (TPSA) is 50.7 Å². The Labute approximate surface area is 100 Å². The van der Waals surface area contributed by atoms with Gasteiger partial charge in [-0.25, -0.2) is 0 Å². The molecule has 0 radical (unpaired) electrons. The Hall–Kier alpha value is -0.970. The van der Waals surface area contributed by atoms with Crippen LogP contribution >= 0.6 is 11.6 Å². The molecule has 0 saturated carbocycles. The zero-order chi connectivity index (χ0) is 12.0. The molecule has 0 aliphatic carbocycles. The molecule has 1 unspecified atom stereocenters. The summed E-state index contributed by atoms with van der Waals surface area (Å²) >= 11 is 5.98. The van der Waals surface area contributed by atoms with E-state index in [0.717, 1.165) is 5.69 Å². The Morgan fingerprint density at radius 2 is 2.19 bits per heavy atom. The summed E-state index contributed by atoms with van der Waals surface area (Å²) in [6.07, 6.45) is -0.563. The van der Waals surface area contributed by atoms with E-state index in [0.29, 0.717) is 17.3 Å². The lowest BCUT2D eigenvalue weighted by molar-refractivity contribution is 0.0727. The Morgan fingerprint density at radius 3 is 2.81 bits per heavy atom. The predicted molar refractivity (Wildman–Crippen MR) is 64.4 cm³/mol. The van der Waals surface area contributed by atoms with Crippen molar-refractivity contribution in [2.45, 2.75) is 6.10 Å². The lowest BCUT2D eigenvalue weighted by Gasteiger charge is -2.13. The third-order valence-electron chi connectivity index (χ3n) is 2.06. The maximum absolute atomic E-state index is 9.47. The highest BCUT2D eigenvalue weighted by molar-refractivity contribution is 6.33. The van der Waals surface area contributed by atoms with Crippen molar-refractivity contribution in [3.63, 3.8) is 0 Å². The third-order valence-corrected chi connectivity index (χ3v) is 2.39. The van der Waals surface area contributed by atoms with Crippen LogP contribution in [0.1, 0.15) is 0 Å². The van der Waals surface area contributed by atoms with Crippen LogP contribution in [0.4, 0.5) is 5.69 Å². The molecule has 0 amide bonds. The maximum Gasteiger partial charge on any atom is 0.121 e. The van der Waals surface area contributed by atoms with Crippen LogP contribution in [-0.4, -0.2) is 38.6 Å². The molecule has 0 aliphatic rings. The van der Waals surface area contributed by atoms with Gasteiger partial charge in [-0.15, -0.1) is 0 Å². The Balaban J connectivity index is 2.58. The number of aliphatic hydroxyl groups is 1. The maximum atomic E-state index is 9.47. The van der Waals surface area contributed by atoms with Gasteiger partial charge in [-0.1, -0.05) is 11.6 Å². The fourth-order valence-electron chi connectivity index (χ4n) is 1.25. The van der Waals surface area contributed by atoms with Crippen molar-refractivity contribution in [3.8, 4) is 5.75 Å². The number of nitrogens with one attached hydrogen (secondary N) is 1. The molecule has 0 fully saturated rings. The van der Waals surface area contributed by atoms with Gasteiger partial charge in [0.25, 0.3) is 0 Å². The molecule has 0 heterocycles. The highest BCUT2D eigenvalue weighted by Crippen LogP contribution is 2.26. The van der Waals surface area contributed by atoms with Crippen LogP contribution in [0.2, 0.25) is 5.02 Å². The quantitative estimate of drug-likeness (QED) is 0.802. The van der Waals surface area contributed by atoms with Gasteiger partial charge in [-0.05, 0) is 12.1 Å². The van der Waals surface area contributed by atoms with Crippen molar-refractivity contribution < 1.29 is 14.6 Å². The van der Waals surface area contributed by atoms with Crippen LogP contribution in [0.25, 0.3) is 0 Å². The first kappa shape index (κ1) is 13.1. The highest BCUT2D eigenvalue weighted by atomic mass is 35.5. The summed E-state index contributed by atoms with van der Waals surface area (Å²) in [5.74, 6) is 0.716. The minimum atomic E-state index is -0.563. The minimum Gasteiger partial charge on any atom is -0.497 e. The van der Waals surface area contributed by atoms with Gasteiger partial charge in [0.05, 0.1) is 30.5 Å². The lowest BCUT2D eigenvalue weighted by atomic mass is 10.3. The fraction of sp³-hybridized carbons (Fsp3) is 0.455. The Morgan fingerprint density at radius 1 is 1.44 bits per heavy atom. The average molecular weight is 246 g/mol. The molecule has 0 spiro atoms. The number of hydrogen-bond donors (Lipinski definition) is 2. The van der Waals surface area contributed by atoms with Crippen LogP contribution in [0, 0.1) is 0 Å². The van der Waals surface area contributed by atoms with Crippen LogP contribution < -0.4 is 10.1 Å². The number of hydrogen-bond acceptors (Lipinski definition) is 4. The van der Waals surface area contributed by atoms with E-state index in [1.54, 1.807) is 32.4 Å². The molecule has 1 aromatic rings. The summed E-state index contributed by atoms with van der Waals surface area (Å²) in [6, 6.07) is 5.30. The fourth-order valence-corrected chi connectivity index (χ4v) is 1.43. The van der Waals surface area contributed by atoms with Gasteiger partial charge in [-0.2, -0.15) is 0 Å². The number of ether oxygens (including phenoxy) is 2. The van der Waals surface area contributed by atoms with E-state index < -0.39 is 6.10 Å². The van der Waals surface area contributed by atoms with Gasteiger partial charge in [0.15, 0.2) is 0 Å². The van der Waals surface area contributed by atoms with E-state index in [1.807, 2.05) is 0 Å². The van der Waals surface area contributed by atoms with E-state index in [1.165, 1.54) is 0 Å². The van der Waals surface area contributed by atoms with Gasteiger partial charge >= 0.3 is 0 Å². The molecular formula is C11H16ClNO3. The molecule has 16 heavy (non-hydrogen) atoms. The van der Waals surface area contributed by atoms with Gasteiger partial charge < -0.3 is 19.9 Å². The first-order valence-corrected chi connectivity index (χ1v) is 5.29. The summed E-state index contributed by atoms with van der Waals surface area (Å²) in [7, 11) is 3.13. The summed E-state index contributed by atoms with van der Waals surface area (Å²) in [5, 5.41) is 13.1. The second-order valence-electron chi connectivity index (χ2n) is 3.34. The number of benzene rings is 1. The number of rotatable bonds is 6. The molecule has 1 rings (SSSR count). The average Bonchev–Trinajstić information content (AvgIpc) is 2.28. The standard InChI is InChI=1S/C11H16ClNO3/c1-15-7-8(14)6-13-11-5-9(16-2)3-4-10(11)12/h3-5,8,13-14H,6-7H2,1-2H3. The zero-order valence-electron chi connectivity index (χ0n) is 9.37. The molecule has 4 nitrogen and oxygen atoms in total. The number of methoxy groups -OCH3 is 2. The molecular weight excluding hydrogens is 230 g/mol. The van der Waals surface area contributed by atoms with Gasteiger partial charge in [0, 0.05) is 19.7 Å². The molecule has 0 bridgehead atoms. The van der Waals surface area contributed by atoms with Crippen molar-refractivity contribution in [1.29, 1.82) is 0 Å². The Bertz CT molecular complexity index is 333. The predicted octanol–water partition coefficient (Wildman–Crippen LogP) is 1.77. The van der Waals surface area contributed by atoms with E-state index >= 15 is 0 Å². The van der Waals surface area contributed by atoms with E-state index in [4.69, 9.17) is 21.1 Å². The largest absolute Gasteiger partial charge is 0.497 e. The smallest absolute Gasteiger partial charge is 0.121 e. The zero-order valence-corrected chi connectivity index (χ0v) is 10.1. The molecule has 90 valence electrons. The highest BCUT2D eigenvalue weighted by Gasteiger charge is 2.06. The van der Waals surface area contributed by atoms with Crippen molar-refractivity contribution in [3.05, 3.63) is 23.2 Å². The molecule has 1 atom stereocenters. The van der Waals surface area contributed by atoms with Gasteiger partial charge in [0.2, 0.25) is 0 Å². The molecule has 5 heteroatoms. The van der Waals surface area contributed by atoms with Crippen LogP contribution in [0.5, 0.6) is 5.75 Å². The number of aliphatic hydroxyl groups excluding tert-OH is 1. The first-order valence-electron chi connectivity index (χ1n) is 4.91. The second-order valence-corrected chi connectivity index (χ2v) is 3.74. The third kappa shape index (κ3) is 3.89. The van der Waals surface area contributed by atoms with Gasteiger partial charge in [0.1, 0.15) is 5.75 Å². The molecule has 0 saturated heterocycles. The van der Waals surface area contributed by atoms with Crippen molar-refractivity contribution >= 4 is 17.3 Å². The first-order chi connectivity index (χ1) is 7.67. The molecule has 0 aliphatic heterocycles. The molecule has 1 aromatic carbocycles. The summed E-state index contributed by atoms with van der Waals surface area (Å²) < 4.78 is 9.90. The number of halogens is 1. The van der Waals surface area contributed by atoms with E-state index in [-0.39, 0.29) is 6.61 Å². The van der Waals surface area contributed by atoms with Crippen LogP contribution in [0.3, 0.4) is 0 Å². The second kappa shape index (κ2) is 6.58. The van der Waals surface area contributed by atoms with Crippen molar-refractivity contribution in [2.24, 2.45) is 0 Å². The van der Waals surface area contributed by atoms with Gasteiger partial charge in [-0.3, -0.25) is 0 Å². The van der Waals surface area contributed by atoms with Crippen LogP contribution in [-0.2, 0) is 4.74 Å². The van der Waals surface area contributed by atoms with E-state index in [2.05, 4.69) is 5.32 Å². The summed E-state index contributed by atoms with van der Waals surface area (Å²) in [4.78, 5) is 0. The monoisotopic (exact) mass is 245 g/mol. The van der Waals surface area contributed by atoms with Crippen molar-refractivity contribution in [1.82, 2.24) is 0 Å².